The van der Waals surface area contributed by atoms with E-state index in [1.807, 2.05) is 31.2 Å². The summed E-state index contributed by atoms with van der Waals surface area (Å²) in [6.07, 6.45) is 0.0897. The van der Waals surface area contributed by atoms with Gasteiger partial charge in [0.1, 0.15) is 0 Å². The summed E-state index contributed by atoms with van der Waals surface area (Å²) in [5.74, 6) is 0.630. The minimum atomic E-state index is -0.0282. The second-order valence-corrected chi connectivity index (χ2v) is 6.22. The molecule has 1 saturated heterocycles. The van der Waals surface area contributed by atoms with E-state index in [9.17, 15) is 4.79 Å². The van der Waals surface area contributed by atoms with Crippen molar-refractivity contribution in [3.05, 3.63) is 35.4 Å². The summed E-state index contributed by atoms with van der Waals surface area (Å²) >= 11 is 0. The number of rotatable bonds is 5. The van der Waals surface area contributed by atoms with Crippen molar-refractivity contribution in [1.82, 2.24) is 10.2 Å². The van der Waals surface area contributed by atoms with Gasteiger partial charge in [0, 0.05) is 31.7 Å². The number of aryl methyl sites for hydroxylation is 1. The Bertz CT molecular complexity index is 456. The molecule has 21 heavy (non-hydrogen) atoms. The normalized spacial score (nSPS) is 19.7. The summed E-state index contributed by atoms with van der Waals surface area (Å²) in [6.45, 7) is 10.8. The molecule has 1 amide bonds. The van der Waals surface area contributed by atoms with E-state index in [0.717, 1.165) is 31.8 Å². The van der Waals surface area contributed by atoms with Crippen LogP contribution in [0.25, 0.3) is 0 Å². The summed E-state index contributed by atoms with van der Waals surface area (Å²) in [5, 5.41) is 2.97. The lowest BCUT2D eigenvalue weighted by Crippen LogP contribution is -2.48. The molecular weight excluding hydrogens is 264 g/mol. The topological polar surface area (TPSA) is 41.6 Å². The van der Waals surface area contributed by atoms with E-state index in [2.05, 4.69) is 24.1 Å². The third-order valence-electron chi connectivity index (χ3n) is 3.65. The smallest absolute Gasteiger partial charge is 0.251 e. The Morgan fingerprint density at radius 2 is 2.10 bits per heavy atom. The zero-order valence-electron chi connectivity index (χ0n) is 13.3. The third-order valence-corrected chi connectivity index (χ3v) is 3.65. The summed E-state index contributed by atoms with van der Waals surface area (Å²) in [7, 11) is 0. The molecule has 1 atom stereocenters. The van der Waals surface area contributed by atoms with Gasteiger partial charge in [0.05, 0.1) is 12.7 Å². The fourth-order valence-corrected chi connectivity index (χ4v) is 2.60. The number of benzene rings is 1. The zero-order chi connectivity index (χ0) is 15.2. The highest BCUT2D eigenvalue weighted by molar-refractivity contribution is 5.94. The highest BCUT2D eigenvalue weighted by Gasteiger charge is 2.21. The van der Waals surface area contributed by atoms with Gasteiger partial charge in [0.15, 0.2) is 0 Å². The molecule has 1 aliphatic heterocycles. The lowest BCUT2D eigenvalue weighted by atomic mass is 10.1. The quantitative estimate of drug-likeness (QED) is 0.903. The van der Waals surface area contributed by atoms with E-state index in [0.29, 0.717) is 18.0 Å². The van der Waals surface area contributed by atoms with Crippen molar-refractivity contribution >= 4 is 5.91 Å². The van der Waals surface area contributed by atoms with Gasteiger partial charge in [-0.2, -0.15) is 0 Å². The summed E-state index contributed by atoms with van der Waals surface area (Å²) in [4.78, 5) is 14.5. The van der Waals surface area contributed by atoms with Crippen LogP contribution in [0.4, 0.5) is 0 Å². The van der Waals surface area contributed by atoms with Gasteiger partial charge >= 0.3 is 0 Å². The Labute approximate surface area is 127 Å². The van der Waals surface area contributed by atoms with Crippen LogP contribution in [0.15, 0.2) is 24.3 Å². The maximum atomic E-state index is 12.1. The largest absolute Gasteiger partial charge is 0.374 e. The van der Waals surface area contributed by atoms with Crippen LogP contribution in [0.5, 0.6) is 0 Å². The van der Waals surface area contributed by atoms with Gasteiger partial charge in [-0.1, -0.05) is 31.5 Å². The van der Waals surface area contributed by atoms with Crippen LogP contribution in [0.1, 0.15) is 29.8 Å². The molecule has 1 aromatic carbocycles. The first kappa shape index (κ1) is 16.0. The average Bonchev–Trinajstić information content (AvgIpc) is 2.45. The summed E-state index contributed by atoms with van der Waals surface area (Å²) in [5.41, 5.74) is 1.86. The Morgan fingerprint density at radius 3 is 2.76 bits per heavy atom. The number of amides is 1. The number of hydrogen-bond acceptors (Lipinski definition) is 3. The van der Waals surface area contributed by atoms with Crippen molar-refractivity contribution in [2.45, 2.75) is 26.9 Å². The van der Waals surface area contributed by atoms with Gasteiger partial charge in [-0.15, -0.1) is 0 Å². The number of nitrogens with zero attached hydrogens (tertiary/aromatic N) is 1. The van der Waals surface area contributed by atoms with E-state index >= 15 is 0 Å². The molecule has 4 heteroatoms. The number of nitrogens with one attached hydrogen (secondary N) is 1. The Hall–Kier alpha value is -1.39. The molecule has 1 aromatic rings. The van der Waals surface area contributed by atoms with Crippen molar-refractivity contribution in [2.75, 3.05) is 32.8 Å². The van der Waals surface area contributed by atoms with Crippen LogP contribution >= 0.6 is 0 Å². The van der Waals surface area contributed by atoms with E-state index in [1.165, 1.54) is 0 Å². The highest BCUT2D eigenvalue weighted by atomic mass is 16.5. The lowest BCUT2D eigenvalue weighted by molar-refractivity contribution is -0.0295. The van der Waals surface area contributed by atoms with Gasteiger partial charge in [-0.05, 0) is 25.0 Å². The van der Waals surface area contributed by atoms with E-state index < -0.39 is 0 Å². The first-order valence-corrected chi connectivity index (χ1v) is 7.73. The molecule has 1 heterocycles. The minimum absolute atomic E-state index is 0.0282. The fraction of sp³-hybridized carbons (Fsp3) is 0.588. The maximum absolute atomic E-state index is 12.1. The molecule has 1 N–H and O–H groups in total. The van der Waals surface area contributed by atoms with Crippen molar-refractivity contribution < 1.29 is 9.53 Å². The summed E-state index contributed by atoms with van der Waals surface area (Å²) in [6, 6.07) is 7.63. The number of ether oxygens (including phenoxy) is 1. The van der Waals surface area contributed by atoms with Crippen LogP contribution < -0.4 is 5.32 Å². The van der Waals surface area contributed by atoms with Crippen LogP contribution in [0.3, 0.4) is 0 Å². The second kappa shape index (κ2) is 7.57. The lowest BCUT2D eigenvalue weighted by Gasteiger charge is -2.33. The van der Waals surface area contributed by atoms with Gasteiger partial charge in [0.25, 0.3) is 5.91 Å². The van der Waals surface area contributed by atoms with Gasteiger partial charge < -0.3 is 10.1 Å². The molecule has 4 nitrogen and oxygen atoms in total. The molecule has 0 aromatic heterocycles. The van der Waals surface area contributed by atoms with Gasteiger partial charge in [-0.3, -0.25) is 9.69 Å². The van der Waals surface area contributed by atoms with Crippen LogP contribution in [0, 0.1) is 12.8 Å². The maximum Gasteiger partial charge on any atom is 0.251 e. The van der Waals surface area contributed by atoms with Crippen molar-refractivity contribution in [3.8, 4) is 0 Å². The van der Waals surface area contributed by atoms with E-state index in [1.54, 1.807) is 0 Å². The fourth-order valence-electron chi connectivity index (χ4n) is 2.60. The molecule has 0 bridgehead atoms. The Morgan fingerprint density at radius 1 is 1.38 bits per heavy atom. The number of carbonyl (C=O) groups is 1. The summed E-state index contributed by atoms with van der Waals surface area (Å²) < 4.78 is 5.74. The van der Waals surface area contributed by atoms with Crippen molar-refractivity contribution in [2.24, 2.45) is 5.92 Å². The minimum Gasteiger partial charge on any atom is -0.374 e. The van der Waals surface area contributed by atoms with E-state index in [4.69, 9.17) is 4.74 Å². The molecule has 0 radical (unpaired) electrons. The van der Waals surface area contributed by atoms with Crippen molar-refractivity contribution in [3.63, 3.8) is 0 Å². The molecular formula is C17H26N2O2. The molecule has 1 aliphatic rings. The SMILES string of the molecule is Cc1ccc(C(=O)NCC2CN(CC(C)C)CCO2)cc1. The molecule has 1 fully saturated rings. The molecule has 0 saturated carbocycles. The number of hydrogen-bond donors (Lipinski definition) is 1. The molecule has 1 unspecified atom stereocenters. The standard InChI is InChI=1S/C17H26N2O2/c1-13(2)11-19-8-9-21-16(12-19)10-18-17(20)15-6-4-14(3)5-7-15/h4-7,13,16H,8-12H2,1-3H3,(H,18,20). The van der Waals surface area contributed by atoms with Gasteiger partial charge in [0.2, 0.25) is 0 Å². The monoisotopic (exact) mass is 290 g/mol. The first-order chi connectivity index (χ1) is 10.0. The number of morpholine rings is 1. The molecule has 116 valence electrons. The zero-order valence-corrected chi connectivity index (χ0v) is 13.3. The Kier molecular flexibility index (Phi) is 5.76. The van der Waals surface area contributed by atoms with Crippen molar-refractivity contribution in [1.29, 1.82) is 0 Å². The Balaban J connectivity index is 1.79. The highest BCUT2D eigenvalue weighted by Crippen LogP contribution is 2.08. The number of carbonyl (C=O) groups excluding carboxylic acids is 1. The average molecular weight is 290 g/mol. The van der Waals surface area contributed by atoms with Crippen LogP contribution in [0.2, 0.25) is 0 Å². The van der Waals surface area contributed by atoms with Gasteiger partial charge in [-0.25, -0.2) is 0 Å². The van der Waals surface area contributed by atoms with Crippen LogP contribution in [-0.2, 0) is 4.74 Å². The molecule has 0 aliphatic carbocycles. The molecule has 2 rings (SSSR count). The third kappa shape index (κ3) is 5.14. The molecule has 0 spiro atoms. The predicted molar refractivity (Wildman–Crippen MR) is 84.5 cm³/mol. The first-order valence-electron chi connectivity index (χ1n) is 7.73. The second-order valence-electron chi connectivity index (χ2n) is 6.22. The van der Waals surface area contributed by atoms with E-state index in [-0.39, 0.29) is 12.0 Å². The predicted octanol–water partition coefficient (Wildman–Crippen LogP) is 2.08. The van der Waals surface area contributed by atoms with Crippen LogP contribution in [-0.4, -0.2) is 49.7 Å².